The van der Waals surface area contributed by atoms with Crippen LogP contribution in [0.1, 0.15) is 22.1 Å². The van der Waals surface area contributed by atoms with E-state index in [-0.39, 0.29) is 16.3 Å². The van der Waals surface area contributed by atoms with Gasteiger partial charge in [0, 0.05) is 12.7 Å². The number of rotatable bonds is 3. The molecule has 1 atom stereocenters. The summed E-state index contributed by atoms with van der Waals surface area (Å²) in [6, 6.07) is 5.80. The van der Waals surface area contributed by atoms with Crippen molar-refractivity contribution in [2.24, 2.45) is 4.99 Å². The molecule has 25 heavy (non-hydrogen) atoms. The molecule has 2 aromatic rings. The highest BCUT2D eigenvalue weighted by molar-refractivity contribution is 5.94. The molecule has 0 saturated carbocycles. The summed E-state index contributed by atoms with van der Waals surface area (Å²) >= 11 is 0. The summed E-state index contributed by atoms with van der Waals surface area (Å²) in [4.78, 5) is 21.6. The van der Waals surface area contributed by atoms with Crippen molar-refractivity contribution in [2.75, 3.05) is 6.54 Å². The second-order valence-corrected chi connectivity index (χ2v) is 5.17. The summed E-state index contributed by atoms with van der Waals surface area (Å²) in [5.74, 6) is -3.06. The number of hydrogen-bond acceptors (Lipinski definition) is 5. The number of amidine groups is 1. The van der Waals surface area contributed by atoms with Crippen LogP contribution in [0, 0.1) is 11.3 Å². The molecule has 0 amide bonds. The number of nitriles is 1. The number of aromatic amines is 1. The third-order valence-electron chi connectivity index (χ3n) is 3.59. The number of aromatic carboxylic acids is 1. The number of carboxylic acid groups (broad SMARTS) is 1. The van der Waals surface area contributed by atoms with E-state index < -0.39 is 30.6 Å². The minimum Gasteiger partial charge on any atom is -0.478 e. The molecule has 2 N–H and O–H groups in total. The van der Waals surface area contributed by atoms with Crippen LogP contribution < -0.4 is 0 Å². The molecule has 0 bridgehead atoms. The second kappa shape index (κ2) is 5.94. The second-order valence-electron chi connectivity index (χ2n) is 5.17. The molecule has 0 radical (unpaired) electrons. The topological polar surface area (TPSA) is 105 Å². The lowest BCUT2D eigenvalue weighted by Gasteiger charge is -2.30. The van der Waals surface area contributed by atoms with Crippen molar-refractivity contribution < 1.29 is 23.1 Å². The predicted octanol–water partition coefficient (Wildman–Crippen LogP) is 2.62. The number of alkyl halides is 3. The number of nitrogens with one attached hydrogen (secondary N) is 1. The average molecular weight is 349 g/mol. The monoisotopic (exact) mass is 349 g/mol. The molecule has 0 aliphatic carbocycles. The highest BCUT2D eigenvalue weighted by Gasteiger charge is 2.43. The Morgan fingerprint density at radius 3 is 2.84 bits per heavy atom. The summed E-state index contributed by atoms with van der Waals surface area (Å²) in [7, 11) is 0. The number of aliphatic imine (C=N–C) groups is 1. The Morgan fingerprint density at radius 2 is 2.20 bits per heavy atom. The van der Waals surface area contributed by atoms with Gasteiger partial charge in [0.1, 0.15) is 11.7 Å². The molecule has 0 fully saturated rings. The Labute approximate surface area is 138 Å². The Hall–Kier alpha value is -3.35. The summed E-state index contributed by atoms with van der Waals surface area (Å²) in [5.41, 5.74) is 0.637. The van der Waals surface area contributed by atoms with Crippen molar-refractivity contribution in [3.8, 4) is 6.07 Å². The molecule has 1 aliphatic rings. The highest BCUT2D eigenvalue weighted by atomic mass is 19.4. The Kier molecular flexibility index (Phi) is 3.92. The van der Waals surface area contributed by atoms with Crippen LogP contribution in [0.2, 0.25) is 0 Å². The molecule has 1 unspecified atom stereocenters. The van der Waals surface area contributed by atoms with Crippen LogP contribution in [0.3, 0.4) is 0 Å². The van der Waals surface area contributed by atoms with E-state index >= 15 is 0 Å². The number of aromatic nitrogens is 2. The standard InChI is InChI=1S/C15H10F3N5O2/c16-15(17,18)23-5-1-4-20-13(23)9(7-19)12-21-10-3-2-8(14(24)25)6-11(10)22-12/h1-4,6,9H,5H2,(H,21,22)(H,24,25). The normalized spacial score (nSPS) is 15.8. The first-order valence-electron chi connectivity index (χ1n) is 7.01. The SMILES string of the molecule is N#CC(C1=NC=CCN1C(F)(F)F)c1nc2ccc(C(=O)O)cc2[nH]1. The lowest BCUT2D eigenvalue weighted by Crippen LogP contribution is -2.46. The van der Waals surface area contributed by atoms with Crippen molar-refractivity contribution in [3.05, 3.63) is 41.9 Å². The number of carbonyl (C=O) groups is 1. The molecule has 1 aromatic carbocycles. The van der Waals surface area contributed by atoms with Crippen molar-refractivity contribution in [3.63, 3.8) is 0 Å². The molecule has 1 aromatic heterocycles. The fourth-order valence-corrected chi connectivity index (χ4v) is 2.45. The van der Waals surface area contributed by atoms with Crippen LogP contribution in [0.25, 0.3) is 11.0 Å². The van der Waals surface area contributed by atoms with E-state index in [4.69, 9.17) is 5.11 Å². The van der Waals surface area contributed by atoms with E-state index in [1.807, 2.05) is 0 Å². The van der Waals surface area contributed by atoms with Crippen LogP contribution in [0.15, 0.2) is 35.5 Å². The number of benzene rings is 1. The quantitative estimate of drug-likeness (QED) is 0.829. The van der Waals surface area contributed by atoms with Crippen molar-refractivity contribution in [1.29, 1.82) is 5.26 Å². The Bertz CT molecular complexity index is 939. The number of fused-ring (bicyclic) bond motifs is 1. The van der Waals surface area contributed by atoms with Crippen LogP contribution >= 0.6 is 0 Å². The number of nitrogens with zero attached hydrogens (tertiary/aromatic N) is 4. The lowest BCUT2D eigenvalue weighted by molar-refractivity contribution is -0.215. The minimum absolute atomic E-state index is 0.00827. The highest BCUT2D eigenvalue weighted by Crippen LogP contribution is 2.29. The zero-order chi connectivity index (χ0) is 18.2. The van der Waals surface area contributed by atoms with Crippen molar-refractivity contribution in [1.82, 2.24) is 14.9 Å². The summed E-state index contributed by atoms with van der Waals surface area (Å²) in [5, 5.41) is 18.4. The molecular weight excluding hydrogens is 339 g/mol. The van der Waals surface area contributed by atoms with Gasteiger partial charge in [-0.3, -0.25) is 4.90 Å². The van der Waals surface area contributed by atoms with Gasteiger partial charge in [0.05, 0.1) is 22.7 Å². The van der Waals surface area contributed by atoms with Gasteiger partial charge in [-0.1, -0.05) is 0 Å². The largest absolute Gasteiger partial charge is 0.486 e. The van der Waals surface area contributed by atoms with E-state index in [0.29, 0.717) is 11.0 Å². The van der Waals surface area contributed by atoms with Crippen LogP contribution in [0.4, 0.5) is 13.2 Å². The lowest BCUT2D eigenvalue weighted by atomic mass is 10.1. The maximum Gasteiger partial charge on any atom is 0.486 e. The fraction of sp³-hybridized carbons (Fsp3) is 0.200. The Morgan fingerprint density at radius 1 is 1.44 bits per heavy atom. The zero-order valence-corrected chi connectivity index (χ0v) is 12.4. The van der Waals surface area contributed by atoms with Gasteiger partial charge in [0.15, 0.2) is 5.92 Å². The van der Waals surface area contributed by atoms with Gasteiger partial charge >= 0.3 is 12.3 Å². The molecule has 0 spiro atoms. The minimum atomic E-state index is -4.69. The molecule has 128 valence electrons. The summed E-state index contributed by atoms with van der Waals surface area (Å²) in [6.07, 6.45) is -2.27. The van der Waals surface area contributed by atoms with E-state index in [9.17, 15) is 23.2 Å². The molecule has 2 heterocycles. The maximum absolute atomic E-state index is 13.2. The number of carboxylic acids is 1. The third kappa shape index (κ3) is 3.03. The number of halogens is 3. The van der Waals surface area contributed by atoms with E-state index in [1.165, 1.54) is 30.5 Å². The average Bonchev–Trinajstić information content (AvgIpc) is 2.97. The zero-order valence-electron chi connectivity index (χ0n) is 12.4. The van der Waals surface area contributed by atoms with Gasteiger partial charge in [-0.05, 0) is 24.3 Å². The van der Waals surface area contributed by atoms with Crippen LogP contribution in [0.5, 0.6) is 0 Å². The van der Waals surface area contributed by atoms with E-state index in [1.54, 1.807) is 6.07 Å². The van der Waals surface area contributed by atoms with E-state index in [0.717, 1.165) is 0 Å². The molecule has 0 saturated heterocycles. The van der Waals surface area contributed by atoms with Gasteiger partial charge in [-0.25, -0.2) is 14.8 Å². The smallest absolute Gasteiger partial charge is 0.478 e. The third-order valence-corrected chi connectivity index (χ3v) is 3.59. The number of H-pyrrole nitrogens is 1. The van der Waals surface area contributed by atoms with Crippen molar-refractivity contribution >= 4 is 22.8 Å². The first-order chi connectivity index (χ1) is 11.8. The molecular formula is C15H10F3N5O2. The van der Waals surface area contributed by atoms with Crippen LogP contribution in [-0.4, -0.2) is 44.6 Å². The summed E-state index contributed by atoms with van der Waals surface area (Å²) in [6.45, 7) is -0.454. The van der Waals surface area contributed by atoms with E-state index in [2.05, 4.69) is 15.0 Å². The Balaban J connectivity index is 2.05. The number of hydrogen-bond donors (Lipinski definition) is 2. The molecule has 1 aliphatic heterocycles. The van der Waals surface area contributed by atoms with Gasteiger partial charge < -0.3 is 10.1 Å². The molecule has 7 nitrogen and oxygen atoms in total. The maximum atomic E-state index is 13.2. The predicted molar refractivity (Wildman–Crippen MR) is 80.7 cm³/mol. The summed E-state index contributed by atoms with van der Waals surface area (Å²) < 4.78 is 39.5. The van der Waals surface area contributed by atoms with Gasteiger partial charge in [-0.2, -0.15) is 18.4 Å². The van der Waals surface area contributed by atoms with Gasteiger partial charge in [0.2, 0.25) is 0 Å². The fourth-order valence-electron chi connectivity index (χ4n) is 2.45. The van der Waals surface area contributed by atoms with Gasteiger partial charge in [-0.15, -0.1) is 0 Å². The molecule has 10 heteroatoms. The first-order valence-corrected chi connectivity index (χ1v) is 7.01. The number of imidazole rings is 1. The first kappa shape index (κ1) is 16.5. The molecule has 3 rings (SSSR count). The van der Waals surface area contributed by atoms with Gasteiger partial charge in [0.25, 0.3) is 0 Å². The van der Waals surface area contributed by atoms with Crippen molar-refractivity contribution in [2.45, 2.75) is 12.2 Å². The van der Waals surface area contributed by atoms with Crippen LogP contribution in [-0.2, 0) is 0 Å².